The van der Waals surface area contributed by atoms with E-state index in [-0.39, 0.29) is 30.5 Å². The summed E-state index contributed by atoms with van der Waals surface area (Å²) in [6, 6.07) is 6.05. The van der Waals surface area contributed by atoms with Gasteiger partial charge in [0.05, 0.1) is 11.6 Å². The number of fused-ring (bicyclic) bond motifs is 3. The molecule has 3 fully saturated rings. The molecule has 10 heteroatoms. The average molecular weight is 441 g/mol. The molecule has 4 heterocycles. The first-order valence-electron chi connectivity index (χ1n) is 10.9. The molecule has 2 bridgehead atoms. The Morgan fingerprint density at radius 3 is 2.62 bits per heavy atom. The zero-order valence-electron chi connectivity index (χ0n) is 18.8. The van der Waals surface area contributed by atoms with Gasteiger partial charge in [-0.05, 0) is 45.4 Å². The van der Waals surface area contributed by atoms with Crippen LogP contribution in [-0.2, 0) is 16.6 Å². The summed E-state index contributed by atoms with van der Waals surface area (Å²) in [6.45, 7) is 7.37. The molecular formula is C22H28N6O4. The van der Waals surface area contributed by atoms with Crippen LogP contribution in [0.3, 0.4) is 0 Å². The number of hydrogen-bond acceptors (Lipinski definition) is 6. The minimum atomic E-state index is -0.501. The van der Waals surface area contributed by atoms with Crippen LogP contribution in [0, 0.1) is 0 Å². The Bertz CT molecular complexity index is 1120. The van der Waals surface area contributed by atoms with Gasteiger partial charge in [-0.2, -0.15) is 5.10 Å². The van der Waals surface area contributed by atoms with Gasteiger partial charge in [-0.15, -0.1) is 0 Å². The van der Waals surface area contributed by atoms with Crippen molar-refractivity contribution < 1.29 is 19.1 Å². The number of aromatic nitrogens is 2. The van der Waals surface area contributed by atoms with Crippen molar-refractivity contribution in [2.24, 2.45) is 7.05 Å². The van der Waals surface area contributed by atoms with E-state index >= 15 is 0 Å². The molecule has 0 aliphatic carbocycles. The summed E-state index contributed by atoms with van der Waals surface area (Å²) in [5.41, 5.74) is 1.48. The Morgan fingerprint density at radius 1 is 1.19 bits per heavy atom. The van der Waals surface area contributed by atoms with Crippen LogP contribution in [0.2, 0.25) is 0 Å². The van der Waals surface area contributed by atoms with E-state index in [0.717, 1.165) is 29.6 Å². The molecule has 0 saturated carbocycles. The SMILES string of the molecule is Cn1nc(N2CCC(=O)NC2=O)c2ccc(N3CC4CC3CN4C(=O)OC(C)(C)C)cc21. The maximum Gasteiger partial charge on any atom is 0.410 e. The first-order valence-corrected chi connectivity index (χ1v) is 10.9. The number of carbonyl (C=O) groups is 3. The van der Waals surface area contributed by atoms with E-state index in [9.17, 15) is 14.4 Å². The number of piperazine rings is 1. The Hall–Kier alpha value is -3.30. The highest BCUT2D eigenvalue weighted by atomic mass is 16.6. The standard InChI is InChI=1S/C22H28N6O4/c1-22(2,3)32-21(31)28-12-14-9-15(28)11-27(14)13-5-6-16-17(10-13)25(4)24-19(16)26-8-7-18(29)23-20(26)30/h5-6,10,14-15H,7-9,11-12H2,1-4H3,(H,23,29,30). The molecule has 0 radical (unpaired) electrons. The van der Waals surface area contributed by atoms with Crippen LogP contribution >= 0.6 is 0 Å². The van der Waals surface area contributed by atoms with E-state index < -0.39 is 11.6 Å². The number of ether oxygens (including phenoxy) is 1. The second kappa shape index (κ2) is 7.11. The number of rotatable bonds is 2. The van der Waals surface area contributed by atoms with E-state index in [1.807, 2.05) is 44.9 Å². The molecule has 0 spiro atoms. The van der Waals surface area contributed by atoms with Gasteiger partial charge in [0.1, 0.15) is 5.60 Å². The first kappa shape index (κ1) is 20.6. The van der Waals surface area contributed by atoms with E-state index in [4.69, 9.17) is 4.74 Å². The molecule has 1 N–H and O–H groups in total. The number of nitrogens with zero attached hydrogens (tertiary/aromatic N) is 5. The zero-order chi connectivity index (χ0) is 22.8. The molecule has 1 aromatic carbocycles. The molecule has 3 aliphatic heterocycles. The molecule has 2 unspecified atom stereocenters. The number of nitrogens with one attached hydrogen (secondary N) is 1. The van der Waals surface area contributed by atoms with E-state index in [2.05, 4.69) is 21.4 Å². The minimum Gasteiger partial charge on any atom is -0.444 e. The average Bonchev–Trinajstić information content (AvgIpc) is 3.40. The third-order valence-corrected chi connectivity index (χ3v) is 6.33. The van der Waals surface area contributed by atoms with Crippen molar-refractivity contribution in [1.29, 1.82) is 0 Å². The van der Waals surface area contributed by atoms with Gasteiger partial charge in [0.25, 0.3) is 0 Å². The van der Waals surface area contributed by atoms with Crippen molar-refractivity contribution >= 4 is 40.4 Å². The van der Waals surface area contributed by atoms with Crippen LogP contribution in [0.4, 0.5) is 21.1 Å². The summed E-state index contributed by atoms with van der Waals surface area (Å²) >= 11 is 0. The topological polar surface area (TPSA) is 100 Å². The Labute approximate surface area is 186 Å². The normalized spacial score (nSPS) is 23.3. The Balaban J connectivity index is 1.36. The smallest absolute Gasteiger partial charge is 0.410 e. The quantitative estimate of drug-likeness (QED) is 0.769. The maximum absolute atomic E-state index is 12.5. The van der Waals surface area contributed by atoms with Gasteiger partial charge in [-0.25, -0.2) is 9.59 Å². The van der Waals surface area contributed by atoms with E-state index in [0.29, 0.717) is 18.9 Å². The fourth-order valence-corrected chi connectivity index (χ4v) is 4.90. The molecule has 170 valence electrons. The summed E-state index contributed by atoms with van der Waals surface area (Å²) in [4.78, 5) is 42.0. The molecule has 5 rings (SSSR count). The lowest BCUT2D eigenvalue weighted by Gasteiger charge is -2.36. The van der Waals surface area contributed by atoms with Crippen molar-refractivity contribution in [3.8, 4) is 0 Å². The van der Waals surface area contributed by atoms with Gasteiger partial charge in [0.2, 0.25) is 5.91 Å². The largest absolute Gasteiger partial charge is 0.444 e. The lowest BCUT2D eigenvalue weighted by atomic mass is 10.1. The van der Waals surface area contributed by atoms with E-state index in [1.54, 1.807) is 4.68 Å². The van der Waals surface area contributed by atoms with Crippen molar-refractivity contribution in [3.63, 3.8) is 0 Å². The van der Waals surface area contributed by atoms with Gasteiger partial charge in [-0.3, -0.25) is 19.7 Å². The molecule has 3 saturated heterocycles. The highest BCUT2D eigenvalue weighted by Crippen LogP contribution is 2.37. The molecule has 32 heavy (non-hydrogen) atoms. The van der Waals surface area contributed by atoms with Gasteiger partial charge < -0.3 is 14.5 Å². The number of carbonyl (C=O) groups excluding carboxylic acids is 3. The molecule has 4 amide bonds. The minimum absolute atomic E-state index is 0.141. The zero-order valence-corrected chi connectivity index (χ0v) is 18.8. The van der Waals surface area contributed by atoms with E-state index in [1.165, 1.54) is 4.90 Å². The van der Waals surface area contributed by atoms with Crippen molar-refractivity contribution in [2.45, 2.75) is 51.3 Å². The third-order valence-electron chi connectivity index (χ3n) is 6.33. The predicted molar refractivity (Wildman–Crippen MR) is 119 cm³/mol. The second-order valence-corrected chi connectivity index (χ2v) is 9.73. The van der Waals surface area contributed by atoms with Crippen LogP contribution in [0.1, 0.15) is 33.6 Å². The van der Waals surface area contributed by atoms with Gasteiger partial charge in [-0.1, -0.05) is 0 Å². The summed E-state index contributed by atoms with van der Waals surface area (Å²) in [6.07, 6.45) is 0.942. The fourth-order valence-electron chi connectivity index (χ4n) is 4.90. The lowest BCUT2D eigenvalue weighted by molar-refractivity contribution is -0.120. The van der Waals surface area contributed by atoms with Crippen LogP contribution in [-0.4, -0.2) is 70.0 Å². The number of aryl methyl sites for hydroxylation is 1. The second-order valence-electron chi connectivity index (χ2n) is 9.73. The van der Waals surface area contributed by atoms with Crippen LogP contribution in [0.25, 0.3) is 10.9 Å². The van der Waals surface area contributed by atoms with Crippen LogP contribution < -0.4 is 15.1 Å². The van der Waals surface area contributed by atoms with Crippen molar-refractivity contribution in [1.82, 2.24) is 20.0 Å². The van der Waals surface area contributed by atoms with Gasteiger partial charge >= 0.3 is 12.1 Å². The molecule has 2 atom stereocenters. The number of amides is 4. The Morgan fingerprint density at radius 2 is 1.97 bits per heavy atom. The Kier molecular flexibility index (Phi) is 4.58. The third kappa shape index (κ3) is 3.43. The summed E-state index contributed by atoms with van der Waals surface area (Å²) < 4.78 is 7.33. The van der Waals surface area contributed by atoms with Gasteiger partial charge in [0, 0.05) is 50.2 Å². The van der Waals surface area contributed by atoms with Gasteiger partial charge in [0.15, 0.2) is 5.82 Å². The number of imide groups is 1. The van der Waals surface area contributed by atoms with Crippen molar-refractivity contribution in [3.05, 3.63) is 18.2 Å². The lowest BCUT2D eigenvalue weighted by Crippen LogP contribution is -2.50. The predicted octanol–water partition coefficient (Wildman–Crippen LogP) is 2.22. The molecule has 2 aromatic rings. The number of urea groups is 1. The highest BCUT2D eigenvalue weighted by molar-refractivity contribution is 6.09. The van der Waals surface area contributed by atoms with Crippen molar-refractivity contribution in [2.75, 3.05) is 29.4 Å². The maximum atomic E-state index is 12.5. The number of anilines is 2. The summed E-state index contributed by atoms with van der Waals surface area (Å²) in [5.74, 6) is 0.288. The number of likely N-dealkylation sites (tertiary alicyclic amines) is 1. The van der Waals surface area contributed by atoms with Crippen LogP contribution in [0.15, 0.2) is 18.2 Å². The van der Waals surface area contributed by atoms with Crippen LogP contribution in [0.5, 0.6) is 0 Å². The molecule has 1 aromatic heterocycles. The number of benzene rings is 1. The monoisotopic (exact) mass is 440 g/mol. The molecule has 10 nitrogen and oxygen atoms in total. The summed E-state index contributed by atoms with van der Waals surface area (Å²) in [7, 11) is 1.85. The number of hydrogen-bond donors (Lipinski definition) is 1. The summed E-state index contributed by atoms with van der Waals surface area (Å²) in [5, 5.41) is 7.77. The first-order chi connectivity index (χ1) is 15.1. The molecule has 3 aliphatic rings. The fraction of sp³-hybridized carbons (Fsp3) is 0.545. The highest BCUT2D eigenvalue weighted by Gasteiger charge is 2.46. The molecular weight excluding hydrogens is 412 g/mol.